The highest BCUT2D eigenvalue weighted by molar-refractivity contribution is 6.18. The molecule has 1 unspecified atom stereocenters. The van der Waals surface area contributed by atoms with Crippen molar-refractivity contribution in [1.29, 1.82) is 0 Å². The Morgan fingerprint density at radius 1 is 0.508 bits per heavy atom. The van der Waals surface area contributed by atoms with Crippen LogP contribution >= 0.6 is 11.6 Å². The highest BCUT2D eigenvalue weighted by Crippen LogP contribution is 2.15. The first-order valence-corrected chi connectivity index (χ1v) is 39.4. The van der Waals surface area contributed by atoms with Gasteiger partial charge in [-0.3, -0.25) is 62.3 Å². The summed E-state index contributed by atoms with van der Waals surface area (Å²) in [6.45, 7) is 7.82. The monoisotopic (exact) mass is 1710 g/mol. The summed E-state index contributed by atoms with van der Waals surface area (Å²) < 4.78 is 34.7. The molecule has 0 aromatic heterocycles. The van der Waals surface area contributed by atoms with Crippen molar-refractivity contribution in [3.05, 3.63) is 11.8 Å². The number of esters is 4. The molecule has 1 rings (SSSR count). The largest absolute Gasteiger partial charge is 0.479 e. The van der Waals surface area contributed by atoms with E-state index in [1.165, 1.54) is 41.5 Å². The third-order valence-electron chi connectivity index (χ3n) is 17.2. The number of aliphatic carboxylic acids is 1. The number of hydrogen-bond acceptors (Lipinski definition) is 30. The van der Waals surface area contributed by atoms with Gasteiger partial charge >= 0.3 is 48.1 Å². The second kappa shape index (κ2) is 58.5. The van der Waals surface area contributed by atoms with Crippen molar-refractivity contribution < 1.29 is 145 Å². The van der Waals surface area contributed by atoms with Gasteiger partial charge in [-0.25, -0.2) is 24.0 Å². The van der Waals surface area contributed by atoms with E-state index in [-0.39, 0.29) is 38.9 Å². The van der Waals surface area contributed by atoms with Crippen molar-refractivity contribution in [2.24, 2.45) is 17.8 Å². The van der Waals surface area contributed by atoms with Crippen molar-refractivity contribution in [2.45, 2.75) is 244 Å². The Kier molecular flexibility index (Phi) is 52.4. The van der Waals surface area contributed by atoms with E-state index in [1.54, 1.807) is 19.0 Å². The van der Waals surface area contributed by atoms with Gasteiger partial charge in [0.05, 0.1) is 54.8 Å². The number of halogens is 1. The third kappa shape index (κ3) is 44.3. The van der Waals surface area contributed by atoms with Gasteiger partial charge in [0.15, 0.2) is 12.1 Å². The van der Waals surface area contributed by atoms with E-state index >= 15 is 14.4 Å². The number of carbonyl (C=O) groups is 18. The number of allylic oxidation sites excluding steroid dienone is 1. The molecular formula is C73H121ClN14O30. The number of amides is 13. The number of alkyl carbamates (subject to hydrolysis) is 3. The lowest BCUT2D eigenvalue weighted by Crippen LogP contribution is -2.62. The number of carbonyl (C=O) groups excluding carboxylic acids is 17. The molecule has 1 fully saturated rings. The zero-order valence-corrected chi connectivity index (χ0v) is 69.4. The van der Waals surface area contributed by atoms with Gasteiger partial charge in [0.2, 0.25) is 73.5 Å². The molecule has 0 saturated carbocycles. The topological polar surface area (TPSA) is 633 Å². The number of rotatable bonds is 43. The van der Waals surface area contributed by atoms with Crippen LogP contribution < -0.4 is 69.1 Å². The number of cyclic esters (lactones) is 1. The highest BCUT2D eigenvalue weighted by atomic mass is 35.5. The molecule has 1 saturated heterocycles. The molecule has 18 N–H and O–H groups in total. The number of carboxylic acid groups (broad SMARTS) is 1. The van der Waals surface area contributed by atoms with Gasteiger partial charge in [0, 0.05) is 32.7 Å². The zero-order valence-electron chi connectivity index (χ0n) is 68.6. The predicted molar refractivity (Wildman–Crippen MR) is 413 cm³/mol. The van der Waals surface area contributed by atoms with Crippen LogP contribution in [0.25, 0.3) is 0 Å². The number of alkyl halides is 1. The quantitative estimate of drug-likeness (QED) is 0.00733. The van der Waals surface area contributed by atoms with Crippen molar-refractivity contribution in [2.75, 3.05) is 79.7 Å². The summed E-state index contributed by atoms with van der Waals surface area (Å²) in [5.74, 6) is -22.8. The summed E-state index contributed by atoms with van der Waals surface area (Å²) in [6, 6.07) is -17.7. The lowest BCUT2D eigenvalue weighted by molar-refractivity contribution is -0.156. The Hall–Kier alpha value is -10.3. The Morgan fingerprint density at radius 2 is 0.958 bits per heavy atom. The van der Waals surface area contributed by atoms with E-state index in [0.717, 1.165) is 64.9 Å². The first-order valence-electron chi connectivity index (χ1n) is 38.9. The molecule has 0 aromatic rings. The second-order valence-electron chi connectivity index (χ2n) is 28.5. The molecule has 1 heterocycles. The maximum atomic E-state index is 15.1. The molecule has 12 atom stereocenters. The van der Waals surface area contributed by atoms with E-state index in [1.807, 2.05) is 10.6 Å². The van der Waals surface area contributed by atoms with Crippen LogP contribution in [-0.4, -0.2) is 290 Å². The highest BCUT2D eigenvalue weighted by Gasteiger charge is 2.41. The minimum absolute atomic E-state index is 0.0641. The molecule has 1 aliphatic heterocycles. The van der Waals surface area contributed by atoms with Crippen LogP contribution in [0.1, 0.15) is 171 Å². The third-order valence-corrected chi connectivity index (χ3v) is 17.5. The summed E-state index contributed by atoms with van der Waals surface area (Å²) >= 11 is 5.97. The molecule has 118 heavy (non-hydrogen) atoms. The van der Waals surface area contributed by atoms with Gasteiger partial charge in [-0.05, 0) is 66.5 Å². The molecule has 0 bridgehead atoms. The fraction of sp³-hybridized carbons (Fsp3) is 0.726. The van der Waals surface area contributed by atoms with E-state index in [4.69, 9.17) is 44.8 Å². The summed E-state index contributed by atoms with van der Waals surface area (Å²) in [6.07, 6.45) is -6.89. The van der Waals surface area contributed by atoms with E-state index in [9.17, 15) is 97.5 Å². The number of aliphatic hydroxyl groups is 4. The zero-order chi connectivity index (χ0) is 89.1. The van der Waals surface area contributed by atoms with Gasteiger partial charge in [-0.2, -0.15) is 0 Å². The van der Waals surface area contributed by atoms with Gasteiger partial charge in [0.1, 0.15) is 54.6 Å². The molecule has 0 aromatic carbocycles. The van der Waals surface area contributed by atoms with Crippen LogP contribution in [0.5, 0.6) is 0 Å². The summed E-state index contributed by atoms with van der Waals surface area (Å²) in [7, 11) is 3.31. The number of unbranched alkanes of at least 4 members (excludes halogenated alkanes) is 9. The van der Waals surface area contributed by atoms with Crippen LogP contribution in [-0.2, 0) is 105 Å². The van der Waals surface area contributed by atoms with Crippen molar-refractivity contribution in [3.8, 4) is 0 Å². The standard InChI is InChI=1S/C73H121ClN14O30/c1-12-14-15-16-17-18-19-20-21-24-44(90)33-53(93)79-50-36-112-70(108)55(51(91)35-74)86-65(102)56(57(94)66(103)104)87-58(95)45(13-2)80-64(101)54(43(9)89)85-61(98)48(27-30-78-73(111)118-39-115-69(107)42(7)8)82-59(96)46(25-22-23-28-76-71(109)116-37-113-67(105)40(3)4)81-62(99)49(34-52(92)75-31-32-88(10)11)84-60(97)47(83-63(50)100)26-29-77-72(110)117-38-114-68(106)41(5)6/h13,40-44,46-51,54-57,89-91,94H,12,14-39H2,1-11H3,(H,75,92)(H,76,109)(H,77,110)(H,78,111)(H,79,93)(H,80,101)(H,81,99)(H,82,96)(H,83,100)(H,84,97)(H,85,98)(H,86,102)(H,87,95)(H,103,104)/b45-13+/t43-,44-,46-,47+,48-,49-,50-,51+,54-,55-,56-,57?/m0/s1. The molecule has 1 aliphatic rings. The van der Waals surface area contributed by atoms with Gasteiger partial charge in [-0.1, -0.05) is 112 Å². The van der Waals surface area contributed by atoms with Crippen molar-refractivity contribution in [1.82, 2.24) is 74.0 Å². The molecule has 0 aliphatic carbocycles. The Morgan fingerprint density at radius 3 is 1.42 bits per heavy atom. The van der Waals surface area contributed by atoms with Crippen LogP contribution in [0.15, 0.2) is 11.8 Å². The van der Waals surface area contributed by atoms with Gasteiger partial charge in [-0.15, -0.1) is 11.6 Å². The number of ether oxygens (including phenoxy) is 7. The maximum Gasteiger partial charge on any atom is 0.410 e. The fourth-order valence-corrected chi connectivity index (χ4v) is 10.5. The van der Waals surface area contributed by atoms with Crippen LogP contribution in [0.4, 0.5) is 14.4 Å². The van der Waals surface area contributed by atoms with Gasteiger partial charge < -0.3 is 133 Å². The summed E-state index contributed by atoms with van der Waals surface area (Å²) in [4.78, 5) is 248. The molecule has 0 radical (unpaired) electrons. The van der Waals surface area contributed by atoms with Crippen molar-refractivity contribution >= 4 is 119 Å². The molecular weight excluding hydrogens is 1590 g/mol. The number of nitrogens with zero attached hydrogens (tertiary/aromatic N) is 1. The minimum Gasteiger partial charge on any atom is -0.479 e. The predicted octanol–water partition coefficient (Wildman–Crippen LogP) is -2.79. The fourth-order valence-electron chi connectivity index (χ4n) is 10.3. The lowest BCUT2D eigenvalue weighted by Gasteiger charge is -2.29. The first kappa shape index (κ1) is 106. The summed E-state index contributed by atoms with van der Waals surface area (Å²) in [5, 5.41) is 83.4. The van der Waals surface area contributed by atoms with Gasteiger partial charge in [0.25, 0.3) is 5.91 Å². The Labute approximate surface area is 688 Å². The molecule has 44 nitrogen and oxygen atoms in total. The molecule has 670 valence electrons. The van der Waals surface area contributed by atoms with E-state index in [2.05, 4.69) is 65.4 Å². The Balaban J connectivity index is 4.58. The van der Waals surface area contributed by atoms with E-state index in [0.29, 0.717) is 12.8 Å². The normalized spacial score (nSPS) is 20.5. The van der Waals surface area contributed by atoms with Crippen LogP contribution in [0.3, 0.4) is 0 Å². The molecule has 0 spiro atoms. The second-order valence-corrected chi connectivity index (χ2v) is 28.9. The van der Waals surface area contributed by atoms with Crippen LogP contribution in [0.2, 0.25) is 0 Å². The maximum absolute atomic E-state index is 15.1. The average Bonchev–Trinajstić information content (AvgIpc) is 0.858. The number of likely N-dealkylation sites (N-methyl/N-ethyl adjacent to an activating group) is 1. The summed E-state index contributed by atoms with van der Waals surface area (Å²) in [5.41, 5.74) is -0.903. The smallest absolute Gasteiger partial charge is 0.410 e. The number of aliphatic hydroxyl groups excluding tert-OH is 4. The average molecular weight is 1710 g/mol. The van der Waals surface area contributed by atoms with E-state index < -0.39 is 281 Å². The minimum atomic E-state index is -2.95. The number of carboxylic acids is 1. The number of nitrogens with one attached hydrogen (secondary N) is 13. The van der Waals surface area contributed by atoms with Crippen LogP contribution in [0, 0.1) is 17.8 Å². The molecule has 45 heteroatoms. The Bertz CT molecular complexity index is 3330. The lowest BCUT2D eigenvalue weighted by atomic mass is 10.0. The van der Waals surface area contributed by atoms with Crippen molar-refractivity contribution in [3.63, 3.8) is 0 Å². The first-order chi connectivity index (χ1) is 55.7. The molecule has 13 amide bonds. The SMILES string of the molecule is C/C=C1/NC(=O)[C@H]([C@H](C)O)NC(=O)[C@H](CCNC(=O)OCOC(=O)C(C)C)NC(=O)[C@H](CCCCNC(=O)OCOC(=O)C(C)C)NC(=O)[C@H](CC(=O)NCCN(C)C)NC(=O)[C@@H](CCNC(=O)OCOC(=O)C(C)C)NC(=O)[C@@H](NC(=O)C[C@@H](O)CCCCCCCCCCC)COC(=O)[C@H]([C@H](O)CCl)NC(=O)[C@H](C(O)C(=O)O)NC1=O. The number of hydrogen-bond donors (Lipinski definition) is 18.